The molecule has 4 nitrogen and oxygen atoms in total. The Hall–Kier alpha value is -0.850. The standard InChI is InChI=1S/C14H20ClFN2O2S/c1-14(2)4-3-6-18(7-5-14)21(19,20)13-9-12(17)11(16)8-10(13)15/h8-9H,3-7,17H2,1-2H3. The molecule has 0 saturated carbocycles. The Bertz CT molecular complexity index is 647. The van der Waals surface area contributed by atoms with Gasteiger partial charge in [-0.25, -0.2) is 12.8 Å². The zero-order valence-electron chi connectivity index (χ0n) is 12.2. The largest absolute Gasteiger partial charge is 0.396 e. The van der Waals surface area contributed by atoms with Gasteiger partial charge in [0, 0.05) is 13.1 Å². The minimum atomic E-state index is -3.75. The Morgan fingerprint density at radius 3 is 2.62 bits per heavy atom. The Morgan fingerprint density at radius 2 is 1.95 bits per heavy atom. The second-order valence-electron chi connectivity index (χ2n) is 6.23. The highest BCUT2D eigenvalue weighted by molar-refractivity contribution is 7.89. The number of nitrogens with two attached hydrogens (primary N) is 1. The van der Waals surface area contributed by atoms with Gasteiger partial charge in [0.15, 0.2) is 0 Å². The van der Waals surface area contributed by atoms with Crippen LogP contribution in [0.25, 0.3) is 0 Å². The van der Waals surface area contributed by atoms with E-state index in [2.05, 4.69) is 13.8 Å². The lowest BCUT2D eigenvalue weighted by Gasteiger charge is -2.23. The molecule has 0 atom stereocenters. The van der Waals surface area contributed by atoms with E-state index < -0.39 is 15.8 Å². The second kappa shape index (κ2) is 5.74. The molecule has 0 bridgehead atoms. The van der Waals surface area contributed by atoms with Crippen LogP contribution in [0.3, 0.4) is 0 Å². The minimum absolute atomic E-state index is 0.121. The molecular weight excluding hydrogens is 315 g/mol. The van der Waals surface area contributed by atoms with Gasteiger partial charge >= 0.3 is 0 Å². The molecule has 1 aromatic rings. The summed E-state index contributed by atoms with van der Waals surface area (Å²) in [6.45, 7) is 5.14. The summed E-state index contributed by atoms with van der Waals surface area (Å²) in [6, 6.07) is 2.05. The SMILES string of the molecule is CC1(C)CCCN(S(=O)(=O)c2cc(N)c(F)cc2Cl)CC1. The molecule has 2 N–H and O–H groups in total. The molecule has 0 unspecified atom stereocenters. The van der Waals surface area contributed by atoms with Gasteiger partial charge in [0.2, 0.25) is 10.0 Å². The molecule has 1 aromatic carbocycles. The smallest absolute Gasteiger partial charge is 0.244 e. The van der Waals surface area contributed by atoms with E-state index in [9.17, 15) is 12.8 Å². The van der Waals surface area contributed by atoms with E-state index in [4.69, 9.17) is 17.3 Å². The first-order chi connectivity index (χ1) is 9.63. The molecule has 1 heterocycles. The summed E-state index contributed by atoms with van der Waals surface area (Å²) >= 11 is 5.90. The normalized spacial score (nSPS) is 20.2. The Labute approximate surface area is 130 Å². The van der Waals surface area contributed by atoms with Gasteiger partial charge in [-0.3, -0.25) is 0 Å². The number of anilines is 1. The zero-order chi connectivity index (χ0) is 15.8. The minimum Gasteiger partial charge on any atom is -0.396 e. The molecule has 2 rings (SSSR count). The summed E-state index contributed by atoms with van der Waals surface area (Å²) in [5, 5.41) is -0.134. The number of rotatable bonds is 2. The zero-order valence-corrected chi connectivity index (χ0v) is 13.8. The van der Waals surface area contributed by atoms with Gasteiger partial charge in [-0.1, -0.05) is 25.4 Å². The van der Waals surface area contributed by atoms with Gasteiger partial charge in [-0.2, -0.15) is 4.31 Å². The number of benzene rings is 1. The number of nitrogens with zero attached hydrogens (tertiary/aromatic N) is 1. The third-order valence-electron chi connectivity index (χ3n) is 3.97. The molecular formula is C14H20ClFN2O2S. The monoisotopic (exact) mass is 334 g/mol. The van der Waals surface area contributed by atoms with Crippen molar-refractivity contribution in [2.45, 2.75) is 38.0 Å². The van der Waals surface area contributed by atoms with Crippen molar-refractivity contribution in [3.8, 4) is 0 Å². The summed E-state index contributed by atoms with van der Waals surface area (Å²) in [6.07, 6.45) is 2.54. The van der Waals surface area contributed by atoms with Gasteiger partial charge in [-0.15, -0.1) is 0 Å². The summed E-state index contributed by atoms with van der Waals surface area (Å²) in [4.78, 5) is -0.122. The van der Waals surface area contributed by atoms with Gasteiger partial charge in [0.25, 0.3) is 0 Å². The van der Waals surface area contributed by atoms with Gasteiger partial charge in [0.1, 0.15) is 10.7 Å². The van der Waals surface area contributed by atoms with Crippen LogP contribution in [0.4, 0.5) is 10.1 Å². The van der Waals surface area contributed by atoms with E-state index in [0.29, 0.717) is 13.1 Å². The van der Waals surface area contributed by atoms with Crippen LogP contribution in [-0.4, -0.2) is 25.8 Å². The van der Waals surface area contributed by atoms with Crippen molar-refractivity contribution in [3.05, 3.63) is 23.0 Å². The molecule has 0 aliphatic carbocycles. The van der Waals surface area contributed by atoms with E-state index in [-0.39, 0.29) is 21.0 Å². The van der Waals surface area contributed by atoms with Gasteiger partial charge < -0.3 is 5.73 Å². The fourth-order valence-corrected chi connectivity index (χ4v) is 4.52. The van der Waals surface area contributed by atoms with Crippen molar-refractivity contribution in [2.24, 2.45) is 5.41 Å². The highest BCUT2D eigenvalue weighted by Gasteiger charge is 2.32. The van der Waals surface area contributed by atoms with Crippen molar-refractivity contribution in [3.63, 3.8) is 0 Å². The fourth-order valence-electron chi connectivity index (χ4n) is 2.52. The van der Waals surface area contributed by atoms with Crippen molar-refractivity contribution in [1.82, 2.24) is 4.31 Å². The first-order valence-corrected chi connectivity index (χ1v) is 8.70. The van der Waals surface area contributed by atoms with E-state index in [1.165, 1.54) is 4.31 Å². The lowest BCUT2D eigenvalue weighted by molar-refractivity contribution is 0.315. The van der Waals surface area contributed by atoms with Crippen molar-refractivity contribution in [1.29, 1.82) is 0 Å². The molecule has 7 heteroatoms. The Balaban J connectivity index is 2.36. The first-order valence-electron chi connectivity index (χ1n) is 6.88. The molecule has 0 spiro atoms. The second-order valence-corrected chi connectivity index (χ2v) is 8.54. The number of halogens is 2. The third kappa shape index (κ3) is 3.49. The number of sulfonamides is 1. The summed E-state index contributed by atoms with van der Waals surface area (Å²) < 4.78 is 40.2. The third-order valence-corrected chi connectivity index (χ3v) is 6.33. The number of hydrogen-bond donors (Lipinski definition) is 1. The highest BCUT2D eigenvalue weighted by Crippen LogP contribution is 2.34. The van der Waals surface area contributed by atoms with Crippen molar-refractivity contribution >= 4 is 27.3 Å². The van der Waals surface area contributed by atoms with Crippen LogP contribution in [0.5, 0.6) is 0 Å². The predicted octanol–water partition coefficient (Wildman–Crippen LogP) is 3.26. The van der Waals surface area contributed by atoms with Gasteiger partial charge in [-0.05, 0) is 36.8 Å². The maximum absolute atomic E-state index is 13.3. The molecule has 0 radical (unpaired) electrons. The molecule has 1 saturated heterocycles. The Morgan fingerprint density at radius 1 is 1.29 bits per heavy atom. The Kier molecular flexibility index (Phi) is 4.52. The van der Waals surface area contributed by atoms with Crippen molar-refractivity contribution < 1.29 is 12.8 Å². The summed E-state index contributed by atoms with van der Waals surface area (Å²) in [7, 11) is -3.75. The molecule has 1 aliphatic rings. The van der Waals surface area contributed by atoms with Crippen molar-refractivity contribution in [2.75, 3.05) is 18.8 Å². The first kappa shape index (κ1) is 16.5. The lowest BCUT2D eigenvalue weighted by Crippen LogP contribution is -2.32. The van der Waals surface area contributed by atoms with E-state index in [0.717, 1.165) is 31.4 Å². The van der Waals surface area contributed by atoms with E-state index >= 15 is 0 Å². The maximum atomic E-state index is 13.3. The van der Waals surface area contributed by atoms with Crippen LogP contribution < -0.4 is 5.73 Å². The van der Waals surface area contributed by atoms with E-state index in [1.807, 2.05) is 0 Å². The maximum Gasteiger partial charge on any atom is 0.244 e. The highest BCUT2D eigenvalue weighted by atomic mass is 35.5. The van der Waals surface area contributed by atoms with Crippen LogP contribution in [0.1, 0.15) is 33.1 Å². The molecule has 0 aromatic heterocycles. The van der Waals surface area contributed by atoms with Gasteiger partial charge in [0.05, 0.1) is 10.7 Å². The predicted molar refractivity (Wildman–Crippen MR) is 82.2 cm³/mol. The average Bonchev–Trinajstić information content (AvgIpc) is 2.55. The molecule has 118 valence electrons. The van der Waals surface area contributed by atoms with Crippen LogP contribution in [0.2, 0.25) is 5.02 Å². The van der Waals surface area contributed by atoms with E-state index in [1.54, 1.807) is 0 Å². The lowest BCUT2D eigenvalue weighted by atomic mass is 9.85. The molecule has 1 fully saturated rings. The topological polar surface area (TPSA) is 63.4 Å². The van der Waals surface area contributed by atoms with Crippen LogP contribution in [-0.2, 0) is 10.0 Å². The average molecular weight is 335 g/mol. The van der Waals surface area contributed by atoms with Crippen LogP contribution in [0.15, 0.2) is 17.0 Å². The molecule has 21 heavy (non-hydrogen) atoms. The summed E-state index contributed by atoms with van der Waals surface area (Å²) in [5.74, 6) is -0.712. The van der Waals surface area contributed by atoms with Crippen LogP contribution in [0, 0.1) is 11.2 Å². The number of hydrogen-bond acceptors (Lipinski definition) is 3. The quantitative estimate of drug-likeness (QED) is 0.844. The number of nitrogen functional groups attached to an aromatic ring is 1. The summed E-state index contributed by atoms with van der Waals surface area (Å²) in [5.41, 5.74) is 5.38. The molecule has 0 amide bonds. The van der Waals surface area contributed by atoms with Crippen LogP contribution >= 0.6 is 11.6 Å². The fraction of sp³-hybridized carbons (Fsp3) is 0.571. The molecule has 1 aliphatic heterocycles.